The fourth-order valence-corrected chi connectivity index (χ4v) is 2.55. The van der Waals surface area contributed by atoms with E-state index in [1.165, 1.54) is 5.56 Å². The zero-order chi connectivity index (χ0) is 12.3. The molecular formula is C12H9N5O. The Morgan fingerprint density at radius 2 is 2.11 bits per heavy atom. The van der Waals surface area contributed by atoms with Crippen molar-refractivity contribution in [2.24, 2.45) is 0 Å². The van der Waals surface area contributed by atoms with Crippen molar-refractivity contribution in [3.05, 3.63) is 45.9 Å². The van der Waals surface area contributed by atoms with Gasteiger partial charge in [0.25, 0.3) is 5.56 Å². The highest BCUT2D eigenvalue weighted by Crippen LogP contribution is 2.34. The quantitative estimate of drug-likeness (QED) is 0.469. The monoisotopic (exact) mass is 239 g/mol. The molecule has 0 spiro atoms. The molecule has 2 heterocycles. The van der Waals surface area contributed by atoms with Gasteiger partial charge in [-0.05, 0) is 5.56 Å². The number of anilines is 1. The number of hydrogen-bond acceptors (Lipinski definition) is 4. The number of nitrogen functional groups attached to an aromatic ring is 1. The van der Waals surface area contributed by atoms with Crippen LogP contribution in [0.3, 0.4) is 0 Å². The van der Waals surface area contributed by atoms with Gasteiger partial charge in [-0.3, -0.25) is 9.20 Å². The van der Waals surface area contributed by atoms with E-state index in [9.17, 15) is 4.79 Å². The summed E-state index contributed by atoms with van der Waals surface area (Å²) in [6.45, 7) is 0. The molecular weight excluding hydrogens is 230 g/mol. The van der Waals surface area contributed by atoms with Crippen LogP contribution in [0.4, 0.5) is 5.95 Å². The SMILES string of the molecule is Nc1nnc2c(=O)[nH]c3c(n12)Cc1ccccc1-3. The Labute approximate surface area is 101 Å². The van der Waals surface area contributed by atoms with Crippen LogP contribution in [0.25, 0.3) is 16.9 Å². The molecule has 0 atom stereocenters. The average Bonchev–Trinajstić information content (AvgIpc) is 2.92. The third-order valence-electron chi connectivity index (χ3n) is 3.33. The normalized spacial score (nSPS) is 12.7. The summed E-state index contributed by atoms with van der Waals surface area (Å²) in [5, 5.41) is 7.57. The van der Waals surface area contributed by atoms with Crippen LogP contribution in [-0.2, 0) is 6.42 Å². The number of nitrogens with zero attached hydrogens (tertiary/aromatic N) is 3. The number of nitrogens with two attached hydrogens (primary N) is 1. The third-order valence-corrected chi connectivity index (χ3v) is 3.33. The van der Waals surface area contributed by atoms with Crippen LogP contribution < -0.4 is 11.3 Å². The summed E-state index contributed by atoms with van der Waals surface area (Å²) in [5.41, 5.74) is 9.73. The predicted molar refractivity (Wildman–Crippen MR) is 66.3 cm³/mol. The van der Waals surface area contributed by atoms with Gasteiger partial charge in [-0.1, -0.05) is 24.3 Å². The first-order chi connectivity index (χ1) is 8.75. The molecule has 1 aliphatic carbocycles. The van der Waals surface area contributed by atoms with Crippen LogP contribution in [0, 0.1) is 0 Å². The number of rotatable bonds is 0. The van der Waals surface area contributed by atoms with Gasteiger partial charge in [-0.2, -0.15) is 0 Å². The molecule has 6 nitrogen and oxygen atoms in total. The Hall–Kier alpha value is -2.63. The first-order valence-electron chi connectivity index (χ1n) is 5.60. The number of aromatic nitrogens is 4. The van der Waals surface area contributed by atoms with Gasteiger partial charge in [0.1, 0.15) is 0 Å². The highest BCUT2D eigenvalue weighted by Gasteiger charge is 2.24. The Kier molecular flexibility index (Phi) is 1.56. The lowest BCUT2D eigenvalue weighted by atomic mass is 10.1. The van der Waals surface area contributed by atoms with E-state index < -0.39 is 0 Å². The topological polar surface area (TPSA) is 89.1 Å². The average molecular weight is 239 g/mol. The van der Waals surface area contributed by atoms with Gasteiger partial charge in [0.2, 0.25) is 11.6 Å². The van der Waals surface area contributed by atoms with Crippen molar-refractivity contribution < 1.29 is 0 Å². The van der Waals surface area contributed by atoms with E-state index in [0.717, 1.165) is 23.4 Å². The van der Waals surface area contributed by atoms with Crippen molar-refractivity contribution in [2.45, 2.75) is 6.42 Å². The summed E-state index contributed by atoms with van der Waals surface area (Å²) in [4.78, 5) is 14.8. The molecule has 18 heavy (non-hydrogen) atoms. The first-order valence-corrected chi connectivity index (χ1v) is 5.60. The zero-order valence-corrected chi connectivity index (χ0v) is 9.34. The highest BCUT2D eigenvalue weighted by atomic mass is 16.1. The zero-order valence-electron chi connectivity index (χ0n) is 9.34. The van der Waals surface area contributed by atoms with Gasteiger partial charge in [-0.15, -0.1) is 10.2 Å². The number of nitrogens with one attached hydrogen (secondary N) is 1. The molecule has 0 aliphatic heterocycles. The second kappa shape index (κ2) is 2.98. The Balaban J connectivity index is 2.20. The number of hydrogen-bond donors (Lipinski definition) is 2. The fourth-order valence-electron chi connectivity index (χ4n) is 2.55. The molecule has 0 amide bonds. The first kappa shape index (κ1) is 9.41. The number of benzene rings is 1. The Bertz CT molecular complexity index is 845. The van der Waals surface area contributed by atoms with E-state index >= 15 is 0 Å². The minimum atomic E-state index is -0.269. The molecule has 0 saturated heterocycles. The van der Waals surface area contributed by atoms with Crippen LogP contribution in [0.1, 0.15) is 11.3 Å². The van der Waals surface area contributed by atoms with Crippen LogP contribution in [0.5, 0.6) is 0 Å². The molecule has 0 fully saturated rings. The van der Waals surface area contributed by atoms with Crippen LogP contribution in [-0.4, -0.2) is 19.6 Å². The molecule has 0 unspecified atom stereocenters. The summed E-state index contributed by atoms with van der Waals surface area (Å²) in [6, 6.07) is 7.96. The lowest BCUT2D eigenvalue weighted by Crippen LogP contribution is -2.14. The van der Waals surface area contributed by atoms with E-state index in [4.69, 9.17) is 5.73 Å². The van der Waals surface area contributed by atoms with Crippen molar-refractivity contribution in [1.82, 2.24) is 19.6 Å². The largest absolute Gasteiger partial charge is 0.368 e. The second-order valence-corrected chi connectivity index (χ2v) is 4.33. The van der Waals surface area contributed by atoms with E-state index in [0.29, 0.717) is 0 Å². The molecule has 1 aliphatic rings. The molecule has 0 radical (unpaired) electrons. The van der Waals surface area contributed by atoms with Crippen molar-refractivity contribution >= 4 is 11.6 Å². The molecule has 2 aromatic heterocycles. The Morgan fingerprint density at radius 1 is 1.28 bits per heavy atom. The molecule has 88 valence electrons. The maximum absolute atomic E-state index is 11.9. The summed E-state index contributed by atoms with van der Waals surface area (Å²) in [6.07, 6.45) is 0.723. The fraction of sp³-hybridized carbons (Fsp3) is 0.0833. The summed E-state index contributed by atoms with van der Waals surface area (Å²) < 4.78 is 1.63. The summed E-state index contributed by atoms with van der Waals surface area (Å²) in [5.74, 6) is 0.250. The molecule has 4 rings (SSSR count). The van der Waals surface area contributed by atoms with Crippen molar-refractivity contribution in [1.29, 1.82) is 0 Å². The molecule has 1 aromatic carbocycles. The lowest BCUT2D eigenvalue weighted by Gasteiger charge is -2.03. The predicted octanol–water partition coefficient (Wildman–Crippen LogP) is 0.571. The lowest BCUT2D eigenvalue weighted by molar-refractivity contribution is 1.01. The number of H-pyrrole nitrogens is 1. The van der Waals surface area contributed by atoms with Crippen molar-refractivity contribution in [3.8, 4) is 11.3 Å². The molecule has 0 saturated carbocycles. The van der Waals surface area contributed by atoms with Gasteiger partial charge in [0, 0.05) is 12.0 Å². The van der Waals surface area contributed by atoms with Crippen LogP contribution in [0.15, 0.2) is 29.1 Å². The van der Waals surface area contributed by atoms with Gasteiger partial charge in [0.05, 0.1) is 11.4 Å². The molecule has 0 bridgehead atoms. The third kappa shape index (κ3) is 0.994. The van der Waals surface area contributed by atoms with Gasteiger partial charge in [-0.25, -0.2) is 0 Å². The van der Waals surface area contributed by atoms with Crippen LogP contribution in [0.2, 0.25) is 0 Å². The van der Waals surface area contributed by atoms with Crippen molar-refractivity contribution in [2.75, 3.05) is 5.73 Å². The van der Waals surface area contributed by atoms with E-state index in [1.54, 1.807) is 4.40 Å². The summed E-state index contributed by atoms with van der Waals surface area (Å²) in [7, 11) is 0. The smallest absolute Gasteiger partial charge is 0.294 e. The maximum Gasteiger partial charge on any atom is 0.294 e. The van der Waals surface area contributed by atoms with E-state index in [1.807, 2.05) is 24.3 Å². The second-order valence-electron chi connectivity index (χ2n) is 4.33. The Morgan fingerprint density at radius 3 is 3.00 bits per heavy atom. The van der Waals surface area contributed by atoms with Gasteiger partial charge < -0.3 is 10.7 Å². The number of aromatic amines is 1. The number of fused-ring (bicyclic) bond motifs is 5. The molecule has 6 heteroatoms. The molecule has 3 aromatic rings. The van der Waals surface area contributed by atoms with E-state index in [2.05, 4.69) is 15.2 Å². The standard InChI is InChI=1S/C12H9N5O/c13-12-16-15-10-11(18)14-9-7-4-2-1-3-6(7)5-8(9)17(10)12/h1-4H,5H2,(H2,13,16)(H,14,18). The van der Waals surface area contributed by atoms with Gasteiger partial charge >= 0.3 is 0 Å². The van der Waals surface area contributed by atoms with Crippen LogP contribution >= 0.6 is 0 Å². The minimum absolute atomic E-state index is 0.249. The van der Waals surface area contributed by atoms with Crippen molar-refractivity contribution in [3.63, 3.8) is 0 Å². The molecule has 3 N–H and O–H groups in total. The van der Waals surface area contributed by atoms with E-state index in [-0.39, 0.29) is 17.2 Å². The highest BCUT2D eigenvalue weighted by molar-refractivity contribution is 5.73. The minimum Gasteiger partial charge on any atom is -0.368 e. The summed E-state index contributed by atoms with van der Waals surface area (Å²) >= 11 is 0. The maximum atomic E-state index is 11.9. The van der Waals surface area contributed by atoms with Gasteiger partial charge in [0.15, 0.2) is 0 Å².